The number of nitrogens with one attached hydrogen (secondary N) is 2. The predicted octanol–water partition coefficient (Wildman–Crippen LogP) is 1.24. The van der Waals surface area contributed by atoms with Gasteiger partial charge >= 0.3 is 0 Å². The molecule has 1 aliphatic heterocycles. The second-order valence-corrected chi connectivity index (χ2v) is 7.19. The van der Waals surface area contributed by atoms with E-state index in [9.17, 15) is 8.42 Å². The zero-order chi connectivity index (χ0) is 12.2. The summed E-state index contributed by atoms with van der Waals surface area (Å²) >= 11 is 0. The van der Waals surface area contributed by atoms with Crippen molar-refractivity contribution in [3.63, 3.8) is 0 Å². The summed E-state index contributed by atoms with van der Waals surface area (Å²) in [6, 6.07) is 0. The molecule has 0 aromatic heterocycles. The molecular formula is C11H24N2O2S. The lowest BCUT2D eigenvalue weighted by molar-refractivity contribution is 0.406. The van der Waals surface area contributed by atoms with E-state index in [1.165, 1.54) is 0 Å². The van der Waals surface area contributed by atoms with Crippen LogP contribution >= 0.6 is 0 Å². The molecule has 0 aromatic carbocycles. The van der Waals surface area contributed by atoms with Crippen LogP contribution < -0.4 is 10.0 Å². The zero-order valence-electron chi connectivity index (χ0n) is 10.5. The van der Waals surface area contributed by atoms with E-state index in [4.69, 9.17) is 0 Å². The van der Waals surface area contributed by atoms with Crippen molar-refractivity contribution in [1.82, 2.24) is 10.0 Å². The molecule has 4 nitrogen and oxygen atoms in total. The monoisotopic (exact) mass is 248 g/mol. The summed E-state index contributed by atoms with van der Waals surface area (Å²) in [7, 11) is -3.15. The van der Waals surface area contributed by atoms with Gasteiger partial charge in [0.1, 0.15) is 0 Å². The second-order valence-electron chi connectivity index (χ2n) is 5.23. The fraction of sp³-hybridized carbons (Fsp3) is 1.00. The molecule has 0 spiro atoms. The molecule has 0 aliphatic carbocycles. The lowest BCUT2D eigenvalue weighted by Gasteiger charge is -2.30. The fourth-order valence-corrected chi connectivity index (χ4v) is 4.15. The van der Waals surface area contributed by atoms with E-state index in [2.05, 4.69) is 17.0 Å². The zero-order valence-corrected chi connectivity index (χ0v) is 11.4. The average Bonchev–Trinajstić information content (AvgIpc) is 2.17. The molecule has 96 valence electrons. The highest BCUT2D eigenvalue weighted by molar-refractivity contribution is 7.90. The van der Waals surface area contributed by atoms with Crippen LogP contribution in [0, 0.1) is 0 Å². The molecule has 1 fully saturated rings. The second kappa shape index (κ2) is 5.47. The van der Waals surface area contributed by atoms with Crippen molar-refractivity contribution in [2.45, 2.75) is 57.2 Å². The lowest BCUT2D eigenvalue weighted by Crippen LogP contribution is -2.49. The van der Waals surface area contributed by atoms with Gasteiger partial charge in [0.15, 0.2) is 0 Å². The molecule has 5 heteroatoms. The minimum Gasteiger partial charge on any atom is -0.317 e. The normalized spacial score (nSPS) is 19.9. The predicted molar refractivity (Wildman–Crippen MR) is 66.9 cm³/mol. The van der Waals surface area contributed by atoms with Gasteiger partial charge in [0, 0.05) is 5.54 Å². The van der Waals surface area contributed by atoms with E-state index < -0.39 is 10.0 Å². The van der Waals surface area contributed by atoms with Crippen LogP contribution in [-0.4, -0.2) is 32.3 Å². The third-order valence-electron chi connectivity index (χ3n) is 3.02. The summed E-state index contributed by atoms with van der Waals surface area (Å²) < 4.78 is 27.1. The topological polar surface area (TPSA) is 58.2 Å². The summed E-state index contributed by atoms with van der Waals surface area (Å²) in [4.78, 5) is 0. The average molecular weight is 248 g/mol. The Morgan fingerprint density at radius 1 is 1.31 bits per heavy atom. The summed E-state index contributed by atoms with van der Waals surface area (Å²) in [5.74, 6) is 0. The molecule has 1 rings (SSSR count). The quantitative estimate of drug-likeness (QED) is 0.769. The molecule has 0 amide bonds. The summed E-state index contributed by atoms with van der Waals surface area (Å²) in [5.41, 5.74) is -0.321. The minimum absolute atomic E-state index is 0.218. The van der Waals surface area contributed by atoms with Gasteiger partial charge < -0.3 is 5.32 Å². The van der Waals surface area contributed by atoms with Crippen LogP contribution in [0.25, 0.3) is 0 Å². The standard InChI is InChI=1S/C11H24N2O2S/c1-4-7-11(2,3)13-16(14,15)10-5-8-12-9-6-10/h10,12-13H,4-9H2,1-3H3. The van der Waals surface area contributed by atoms with E-state index >= 15 is 0 Å². The highest BCUT2D eigenvalue weighted by Gasteiger charge is 2.31. The molecule has 0 saturated carbocycles. The highest BCUT2D eigenvalue weighted by Crippen LogP contribution is 2.18. The molecular weight excluding hydrogens is 224 g/mol. The Kier molecular flexibility index (Phi) is 4.76. The first kappa shape index (κ1) is 13.9. The maximum Gasteiger partial charge on any atom is 0.215 e. The van der Waals surface area contributed by atoms with Crippen LogP contribution in [0.2, 0.25) is 0 Å². The maximum absolute atomic E-state index is 12.1. The Morgan fingerprint density at radius 2 is 1.88 bits per heavy atom. The van der Waals surface area contributed by atoms with Crippen LogP contribution in [0.1, 0.15) is 46.5 Å². The van der Waals surface area contributed by atoms with Gasteiger partial charge in [-0.25, -0.2) is 13.1 Å². The van der Waals surface area contributed by atoms with E-state index in [1.807, 2.05) is 13.8 Å². The number of hydrogen-bond acceptors (Lipinski definition) is 3. The lowest BCUT2D eigenvalue weighted by atomic mass is 10.0. The highest BCUT2D eigenvalue weighted by atomic mass is 32.2. The van der Waals surface area contributed by atoms with Gasteiger partial charge in [-0.05, 0) is 46.2 Å². The van der Waals surface area contributed by atoms with Crippen molar-refractivity contribution in [1.29, 1.82) is 0 Å². The number of rotatable bonds is 5. The van der Waals surface area contributed by atoms with Gasteiger partial charge in [0.25, 0.3) is 0 Å². The third kappa shape index (κ3) is 4.03. The Bertz CT molecular complexity index is 306. The van der Waals surface area contributed by atoms with Gasteiger partial charge in [-0.1, -0.05) is 13.3 Å². The van der Waals surface area contributed by atoms with Gasteiger partial charge in [-0.15, -0.1) is 0 Å². The van der Waals surface area contributed by atoms with Crippen molar-refractivity contribution in [2.24, 2.45) is 0 Å². The van der Waals surface area contributed by atoms with E-state index in [0.29, 0.717) is 0 Å². The largest absolute Gasteiger partial charge is 0.317 e. The first-order valence-corrected chi connectivity index (χ1v) is 7.65. The first-order chi connectivity index (χ1) is 7.37. The van der Waals surface area contributed by atoms with Gasteiger partial charge in [-0.3, -0.25) is 0 Å². The summed E-state index contributed by atoms with van der Waals surface area (Å²) in [6.45, 7) is 7.59. The first-order valence-electron chi connectivity index (χ1n) is 6.11. The molecule has 1 aliphatic rings. The van der Waals surface area contributed by atoms with Gasteiger partial charge in [0.05, 0.1) is 5.25 Å². The number of hydrogen-bond donors (Lipinski definition) is 2. The fourth-order valence-electron chi connectivity index (χ4n) is 2.25. The minimum atomic E-state index is -3.15. The molecule has 0 bridgehead atoms. The Morgan fingerprint density at radius 3 is 2.38 bits per heavy atom. The number of piperidine rings is 1. The molecule has 0 radical (unpaired) electrons. The molecule has 0 atom stereocenters. The van der Waals surface area contributed by atoms with Crippen molar-refractivity contribution >= 4 is 10.0 Å². The van der Waals surface area contributed by atoms with Crippen LogP contribution in [0.3, 0.4) is 0 Å². The van der Waals surface area contributed by atoms with Crippen molar-refractivity contribution in [2.75, 3.05) is 13.1 Å². The van der Waals surface area contributed by atoms with E-state index in [1.54, 1.807) is 0 Å². The number of sulfonamides is 1. The SMILES string of the molecule is CCCC(C)(C)NS(=O)(=O)C1CCNCC1. The summed E-state index contributed by atoms with van der Waals surface area (Å²) in [5, 5.41) is 2.96. The Labute approximate surface area is 99.2 Å². The molecule has 16 heavy (non-hydrogen) atoms. The molecule has 1 saturated heterocycles. The third-order valence-corrected chi connectivity index (χ3v) is 5.20. The van der Waals surface area contributed by atoms with Crippen LogP contribution in [0.4, 0.5) is 0 Å². The smallest absolute Gasteiger partial charge is 0.215 e. The Balaban J connectivity index is 2.63. The van der Waals surface area contributed by atoms with Gasteiger partial charge in [0.2, 0.25) is 10.0 Å². The van der Waals surface area contributed by atoms with Crippen molar-refractivity contribution in [3.8, 4) is 0 Å². The van der Waals surface area contributed by atoms with Crippen LogP contribution in [0.15, 0.2) is 0 Å². The molecule has 1 heterocycles. The van der Waals surface area contributed by atoms with Crippen molar-refractivity contribution < 1.29 is 8.42 Å². The molecule has 0 aromatic rings. The van der Waals surface area contributed by atoms with E-state index in [-0.39, 0.29) is 10.8 Å². The molecule has 0 unspecified atom stereocenters. The van der Waals surface area contributed by atoms with Gasteiger partial charge in [-0.2, -0.15) is 0 Å². The summed E-state index contributed by atoms with van der Waals surface area (Å²) in [6.07, 6.45) is 3.30. The van der Waals surface area contributed by atoms with Crippen LogP contribution in [0.5, 0.6) is 0 Å². The van der Waals surface area contributed by atoms with Crippen LogP contribution in [-0.2, 0) is 10.0 Å². The van der Waals surface area contributed by atoms with Crippen molar-refractivity contribution in [3.05, 3.63) is 0 Å². The molecule has 2 N–H and O–H groups in total. The Hall–Kier alpha value is -0.130. The van der Waals surface area contributed by atoms with E-state index in [0.717, 1.165) is 38.8 Å². The maximum atomic E-state index is 12.1.